The van der Waals surface area contributed by atoms with Crippen molar-refractivity contribution in [2.24, 2.45) is 0 Å². The van der Waals surface area contributed by atoms with Gasteiger partial charge in [0.05, 0.1) is 0 Å². The maximum absolute atomic E-state index is 2.33. The second kappa shape index (κ2) is 1.88. The highest BCUT2D eigenvalue weighted by atomic mass is 14.3. The average molecular weight is 144 g/mol. The third kappa shape index (κ3) is 0.756. The van der Waals surface area contributed by atoms with Gasteiger partial charge >= 0.3 is 0 Å². The molecule has 0 aliphatic heterocycles. The van der Waals surface area contributed by atoms with E-state index in [2.05, 4.69) is 18.2 Å². The van der Waals surface area contributed by atoms with Crippen LogP contribution in [0.1, 0.15) is 35.4 Å². The quantitative estimate of drug-likeness (QED) is 0.568. The Kier molecular flexibility index (Phi) is 0.993. The molecule has 2 aliphatic carbocycles. The van der Waals surface area contributed by atoms with Gasteiger partial charge in [-0.25, -0.2) is 0 Å². The van der Waals surface area contributed by atoms with E-state index < -0.39 is 0 Å². The van der Waals surface area contributed by atoms with Crippen molar-refractivity contribution in [2.75, 3.05) is 0 Å². The second-order valence-corrected chi connectivity index (χ2v) is 3.76. The molecule has 0 aromatic heterocycles. The summed E-state index contributed by atoms with van der Waals surface area (Å²) in [6.45, 7) is 0. The van der Waals surface area contributed by atoms with Crippen LogP contribution in [0.3, 0.4) is 0 Å². The molecule has 0 unspecified atom stereocenters. The van der Waals surface area contributed by atoms with Gasteiger partial charge in [0.2, 0.25) is 0 Å². The van der Waals surface area contributed by atoms with Crippen molar-refractivity contribution >= 4 is 0 Å². The minimum atomic E-state index is 0.949. The first-order valence-electron chi connectivity index (χ1n) is 4.56. The minimum Gasteiger partial charge on any atom is -0.0617 e. The van der Waals surface area contributed by atoms with Gasteiger partial charge in [0.1, 0.15) is 0 Å². The molecule has 0 heterocycles. The van der Waals surface area contributed by atoms with Crippen LogP contribution in [0.2, 0.25) is 0 Å². The van der Waals surface area contributed by atoms with Crippen LogP contribution >= 0.6 is 0 Å². The SMILES string of the molecule is c1cc2c(c(C3CC3)c1)CC2. The second-order valence-electron chi connectivity index (χ2n) is 3.76. The topological polar surface area (TPSA) is 0 Å². The fourth-order valence-electron chi connectivity index (χ4n) is 2.05. The Hall–Kier alpha value is -0.780. The summed E-state index contributed by atoms with van der Waals surface area (Å²) >= 11 is 0. The van der Waals surface area contributed by atoms with E-state index in [0.29, 0.717) is 0 Å². The summed E-state index contributed by atoms with van der Waals surface area (Å²) in [7, 11) is 0. The first kappa shape index (κ1) is 5.82. The first-order chi connectivity index (χ1) is 5.45. The maximum atomic E-state index is 2.33. The zero-order valence-corrected chi connectivity index (χ0v) is 6.64. The Morgan fingerprint density at radius 3 is 2.64 bits per heavy atom. The van der Waals surface area contributed by atoms with E-state index >= 15 is 0 Å². The first-order valence-corrected chi connectivity index (χ1v) is 4.56. The van der Waals surface area contributed by atoms with Crippen LogP contribution < -0.4 is 0 Å². The summed E-state index contributed by atoms with van der Waals surface area (Å²) in [6, 6.07) is 6.84. The van der Waals surface area contributed by atoms with Crippen LogP contribution in [0.15, 0.2) is 18.2 Å². The zero-order chi connectivity index (χ0) is 7.26. The molecule has 0 amide bonds. The van der Waals surface area contributed by atoms with Crippen LogP contribution in [0.5, 0.6) is 0 Å². The molecule has 56 valence electrons. The molecule has 0 N–H and O–H groups in total. The zero-order valence-electron chi connectivity index (χ0n) is 6.64. The summed E-state index contributed by atoms with van der Waals surface area (Å²) in [6.07, 6.45) is 5.56. The summed E-state index contributed by atoms with van der Waals surface area (Å²) in [5.41, 5.74) is 4.98. The molecular formula is C11H12. The van der Waals surface area contributed by atoms with Gasteiger partial charge < -0.3 is 0 Å². The molecule has 1 fully saturated rings. The van der Waals surface area contributed by atoms with Crippen LogP contribution in [0, 0.1) is 0 Å². The Morgan fingerprint density at radius 1 is 1.09 bits per heavy atom. The van der Waals surface area contributed by atoms with Crippen LogP contribution in [-0.2, 0) is 12.8 Å². The lowest BCUT2D eigenvalue weighted by atomic mass is 9.83. The highest BCUT2D eigenvalue weighted by molar-refractivity contribution is 5.44. The van der Waals surface area contributed by atoms with Gasteiger partial charge in [-0.3, -0.25) is 0 Å². The minimum absolute atomic E-state index is 0.949. The molecule has 1 aromatic rings. The molecular weight excluding hydrogens is 132 g/mol. The van der Waals surface area contributed by atoms with Crippen molar-refractivity contribution in [3.05, 3.63) is 34.9 Å². The predicted octanol–water partition coefficient (Wildman–Crippen LogP) is 2.66. The summed E-state index contributed by atoms with van der Waals surface area (Å²) in [5.74, 6) is 0.949. The molecule has 0 nitrogen and oxygen atoms in total. The molecule has 2 aliphatic rings. The van der Waals surface area contributed by atoms with Crippen LogP contribution in [0.4, 0.5) is 0 Å². The highest BCUT2D eigenvalue weighted by Crippen LogP contribution is 2.44. The van der Waals surface area contributed by atoms with Gasteiger partial charge in [-0.15, -0.1) is 0 Å². The van der Waals surface area contributed by atoms with E-state index in [4.69, 9.17) is 0 Å². The number of benzene rings is 1. The number of aryl methyl sites for hydroxylation is 1. The molecule has 0 spiro atoms. The molecule has 0 atom stereocenters. The molecule has 3 rings (SSSR count). The van der Waals surface area contributed by atoms with Crippen molar-refractivity contribution in [1.82, 2.24) is 0 Å². The molecule has 0 heteroatoms. The van der Waals surface area contributed by atoms with Gasteiger partial charge in [0, 0.05) is 0 Å². The number of hydrogen-bond acceptors (Lipinski definition) is 0. The van der Waals surface area contributed by atoms with E-state index in [1.165, 1.54) is 25.7 Å². The van der Waals surface area contributed by atoms with Crippen molar-refractivity contribution in [3.63, 3.8) is 0 Å². The predicted molar refractivity (Wildman–Crippen MR) is 45.8 cm³/mol. The molecule has 0 radical (unpaired) electrons. The molecule has 1 aromatic carbocycles. The Morgan fingerprint density at radius 2 is 2.00 bits per heavy atom. The van der Waals surface area contributed by atoms with Gasteiger partial charge in [-0.2, -0.15) is 0 Å². The lowest BCUT2D eigenvalue weighted by Gasteiger charge is -2.22. The summed E-state index contributed by atoms with van der Waals surface area (Å²) in [5, 5.41) is 0. The van der Waals surface area contributed by atoms with E-state index in [1.54, 1.807) is 16.7 Å². The van der Waals surface area contributed by atoms with E-state index in [1.807, 2.05) is 0 Å². The van der Waals surface area contributed by atoms with E-state index in [-0.39, 0.29) is 0 Å². The lowest BCUT2D eigenvalue weighted by Crippen LogP contribution is -2.10. The standard InChI is InChI=1S/C11H12/c1-2-8-6-7-11(8)10(3-1)9-4-5-9/h1-3,9H,4-7H2. The Balaban J connectivity index is 2.14. The summed E-state index contributed by atoms with van der Waals surface area (Å²) in [4.78, 5) is 0. The normalized spacial score (nSPS) is 20.7. The van der Waals surface area contributed by atoms with Gasteiger partial charge in [-0.1, -0.05) is 18.2 Å². The van der Waals surface area contributed by atoms with Gasteiger partial charge in [0.15, 0.2) is 0 Å². The fraction of sp³-hybridized carbons (Fsp3) is 0.455. The number of rotatable bonds is 1. The highest BCUT2D eigenvalue weighted by Gasteiger charge is 2.28. The van der Waals surface area contributed by atoms with Crippen molar-refractivity contribution in [2.45, 2.75) is 31.6 Å². The molecule has 0 bridgehead atoms. The Bertz CT molecular complexity index is 295. The largest absolute Gasteiger partial charge is 0.0617 e. The van der Waals surface area contributed by atoms with Crippen molar-refractivity contribution in [1.29, 1.82) is 0 Å². The fourth-order valence-corrected chi connectivity index (χ4v) is 2.05. The van der Waals surface area contributed by atoms with E-state index in [0.717, 1.165) is 5.92 Å². The maximum Gasteiger partial charge on any atom is -0.0159 e. The number of hydrogen-bond donors (Lipinski definition) is 0. The van der Waals surface area contributed by atoms with Gasteiger partial charge in [0.25, 0.3) is 0 Å². The molecule has 11 heavy (non-hydrogen) atoms. The lowest BCUT2D eigenvalue weighted by molar-refractivity contribution is 0.812. The molecule has 0 saturated heterocycles. The number of fused-ring (bicyclic) bond motifs is 1. The third-order valence-corrected chi connectivity index (χ3v) is 2.97. The average Bonchev–Trinajstić information content (AvgIpc) is 2.72. The van der Waals surface area contributed by atoms with Crippen molar-refractivity contribution in [3.8, 4) is 0 Å². The smallest absolute Gasteiger partial charge is 0.0159 e. The monoisotopic (exact) mass is 144 g/mol. The van der Waals surface area contributed by atoms with Crippen molar-refractivity contribution < 1.29 is 0 Å². The van der Waals surface area contributed by atoms with E-state index in [9.17, 15) is 0 Å². The van der Waals surface area contributed by atoms with Crippen LogP contribution in [-0.4, -0.2) is 0 Å². The Labute approximate surface area is 67.2 Å². The summed E-state index contributed by atoms with van der Waals surface area (Å²) < 4.78 is 0. The molecule has 1 saturated carbocycles. The van der Waals surface area contributed by atoms with Gasteiger partial charge in [-0.05, 0) is 48.3 Å². The van der Waals surface area contributed by atoms with Crippen LogP contribution in [0.25, 0.3) is 0 Å². The third-order valence-electron chi connectivity index (χ3n) is 2.97.